The lowest BCUT2D eigenvalue weighted by Crippen LogP contribution is -1.68. The average Bonchev–Trinajstić information content (AvgIpc) is 1.95. The van der Waals surface area contributed by atoms with Crippen molar-refractivity contribution in [3.8, 4) is 5.75 Å². The molecule has 54 valence electrons. The number of hydrogen-bond donors (Lipinski definition) is 1. The Balaban J connectivity index is 2.69. The highest BCUT2D eigenvalue weighted by atomic mass is 79.9. The molecule has 3 heteroatoms. The van der Waals surface area contributed by atoms with Gasteiger partial charge in [0.2, 0.25) is 0 Å². The van der Waals surface area contributed by atoms with Gasteiger partial charge >= 0.3 is 0 Å². The maximum absolute atomic E-state index is 8.90. The Bertz CT molecular complexity index is 197. The Kier molecular flexibility index (Phi) is 3.09. The number of rotatable bonds is 2. The van der Waals surface area contributed by atoms with E-state index in [2.05, 4.69) is 15.9 Å². The van der Waals surface area contributed by atoms with Crippen molar-refractivity contribution in [2.24, 2.45) is 0 Å². The molecule has 1 aromatic rings. The van der Waals surface area contributed by atoms with Gasteiger partial charge in [-0.15, -0.1) is 11.8 Å². The van der Waals surface area contributed by atoms with Crippen molar-refractivity contribution in [1.82, 2.24) is 0 Å². The molecule has 0 unspecified atom stereocenters. The van der Waals surface area contributed by atoms with Crippen LogP contribution in [0, 0.1) is 0 Å². The smallest absolute Gasteiger partial charge is 0.115 e. The van der Waals surface area contributed by atoms with E-state index in [1.165, 1.54) is 0 Å². The Morgan fingerprint density at radius 2 is 1.90 bits per heavy atom. The van der Waals surface area contributed by atoms with Crippen molar-refractivity contribution < 1.29 is 5.11 Å². The lowest BCUT2D eigenvalue weighted by Gasteiger charge is -1.95. The molecule has 0 atom stereocenters. The number of thioether (sulfide) groups is 1. The molecule has 0 bridgehead atoms. The maximum atomic E-state index is 8.90. The van der Waals surface area contributed by atoms with Crippen LogP contribution in [0.4, 0.5) is 0 Å². The fourth-order valence-corrected chi connectivity index (χ4v) is 1.85. The molecule has 1 nitrogen and oxygen atoms in total. The van der Waals surface area contributed by atoms with E-state index in [9.17, 15) is 0 Å². The summed E-state index contributed by atoms with van der Waals surface area (Å²) < 4.78 is 0.887. The van der Waals surface area contributed by atoms with Gasteiger partial charge in [0.05, 0.1) is 4.66 Å². The van der Waals surface area contributed by atoms with Gasteiger partial charge in [-0.05, 0) is 24.3 Å². The molecular weight excluding hydrogens is 212 g/mol. The van der Waals surface area contributed by atoms with E-state index in [1.807, 2.05) is 12.1 Å². The van der Waals surface area contributed by atoms with Gasteiger partial charge in [-0.2, -0.15) is 0 Å². The SMILES string of the molecule is Oc1ccc(SCBr)cc1. The first-order valence-electron chi connectivity index (χ1n) is 2.81. The first kappa shape index (κ1) is 7.95. The Labute approximate surface area is 72.6 Å². The maximum Gasteiger partial charge on any atom is 0.115 e. The van der Waals surface area contributed by atoms with E-state index in [4.69, 9.17) is 5.11 Å². The Morgan fingerprint density at radius 3 is 2.40 bits per heavy atom. The molecule has 1 N–H and O–H groups in total. The number of halogens is 1. The summed E-state index contributed by atoms with van der Waals surface area (Å²) in [6.07, 6.45) is 0. The number of phenols is 1. The third kappa shape index (κ3) is 2.23. The van der Waals surface area contributed by atoms with Crippen molar-refractivity contribution in [2.45, 2.75) is 4.90 Å². The molecule has 0 aliphatic heterocycles. The third-order valence-corrected chi connectivity index (χ3v) is 2.46. The summed E-state index contributed by atoms with van der Waals surface area (Å²) in [6.45, 7) is 0. The number of aromatic hydroxyl groups is 1. The molecule has 1 rings (SSSR count). The highest BCUT2D eigenvalue weighted by molar-refractivity contribution is 9.11. The van der Waals surface area contributed by atoms with E-state index in [0.717, 1.165) is 9.56 Å². The van der Waals surface area contributed by atoms with Crippen LogP contribution in [0.15, 0.2) is 29.2 Å². The van der Waals surface area contributed by atoms with E-state index >= 15 is 0 Å². The van der Waals surface area contributed by atoms with Crippen LogP contribution in [0.1, 0.15) is 0 Å². The zero-order valence-corrected chi connectivity index (χ0v) is 7.65. The van der Waals surface area contributed by atoms with Crippen molar-refractivity contribution >= 4 is 27.7 Å². The summed E-state index contributed by atoms with van der Waals surface area (Å²) in [7, 11) is 0. The van der Waals surface area contributed by atoms with Gasteiger partial charge in [0.1, 0.15) is 5.75 Å². The van der Waals surface area contributed by atoms with Crippen LogP contribution in [0.2, 0.25) is 0 Å². The van der Waals surface area contributed by atoms with Gasteiger partial charge in [0.25, 0.3) is 0 Å². The minimum absolute atomic E-state index is 0.318. The monoisotopic (exact) mass is 218 g/mol. The molecule has 0 fully saturated rings. The first-order chi connectivity index (χ1) is 4.83. The second-order valence-corrected chi connectivity index (χ2v) is 4.10. The molecule has 0 aliphatic rings. The first-order valence-corrected chi connectivity index (χ1v) is 4.91. The van der Waals surface area contributed by atoms with Gasteiger partial charge in [0.15, 0.2) is 0 Å². The number of phenolic OH excluding ortho intramolecular Hbond substituents is 1. The van der Waals surface area contributed by atoms with Crippen LogP contribution in [-0.2, 0) is 0 Å². The molecule has 0 spiro atoms. The summed E-state index contributed by atoms with van der Waals surface area (Å²) in [5, 5.41) is 8.90. The normalized spacial score (nSPS) is 9.70. The summed E-state index contributed by atoms with van der Waals surface area (Å²) in [5.41, 5.74) is 0. The largest absolute Gasteiger partial charge is 0.508 e. The van der Waals surface area contributed by atoms with Crippen molar-refractivity contribution in [3.05, 3.63) is 24.3 Å². The van der Waals surface area contributed by atoms with E-state index in [-0.39, 0.29) is 0 Å². The highest BCUT2D eigenvalue weighted by Gasteiger charge is 1.90. The van der Waals surface area contributed by atoms with Gasteiger partial charge in [0, 0.05) is 4.90 Å². The van der Waals surface area contributed by atoms with Crippen LogP contribution >= 0.6 is 27.7 Å². The minimum atomic E-state index is 0.318. The predicted octanol–water partition coefficient (Wildman–Crippen LogP) is 2.84. The Hall–Kier alpha value is -0.150. The van der Waals surface area contributed by atoms with Crippen molar-refractivity contribution in [1.29, 1.82) is 0 Å². The van der Waals surface area contributed by atoms with Crippen molar-refractivity contribution in [2.75, 3.05) is 4.66 Å². The molecule has 1 aromatic carbocycles. The zero-order valence-electron chi connectivity index (χ0n) is 5.25. The fourth-order valence-electron chi connectivity index (χ4n) is 0.605. The third-order valence-electron chi connectivity index (χ3n) is 1.06. The molecule has 0 heterocycles. The van der Waals surface area contributed by atoms with Gasteiger partial charge in [-0.1, -0.05) is 15.9 Å². The molecular formula is C7H7BrOS. The van der Waals surface area contributed by atoms with Crippen LogP contribution in [-0.4, -0.2) is 9.77 Å². The zero-order chi connectivity index (χ0) is 7.40. The number of benzene rings is 1. The number of hydrogen-bond acceptors (Lipinski definition) is 2. The topological polar surface area (TPSA) is 20.2 Å². The summed E-state index contributed by atoms with van der Waals surface area (Å²) >= 11 is 4.99. The minimum Gasteiger partial charge on any atom is -0.508 e. The van der Waals surface area contributed by atoms with Crippen molar-refractivity contribution in [3.63, 3.8) is 0 Å². The standard InChI is InChI=1S/C7H7BrOS/c8-5-10-7-3-1-6(9)2-4-7/h1-4,9H,5H2. The Morgan fingerprint density at radius 1 is 1.30 bits per heavy atom. The molecule has 10 heavy (non-hydrogen) atoms. The second kappa shape index (κ2) is 3.88. The van der Waals surface area contributed by atoms with E-state index < -0.39 is 0 Å². The highest BCUT2D eigenvalue weighted by Crippen LogP contribution is 2.21. The number of alkyl halides is 1. The average molecular weight is 219 g/mol. The van der Waals surface area contributed by atoms with E-state index in [1.54, 1.807) is 23.9 Å². The summed E-state index contributed by atoms with van der Waals surface area (Å²) in [6, 6.07) is 7.15. The second-order valence-electron chi connectivity index (χ2n) is 1.75. The van der Waals surface area contributed by atoms with Gasteiger partial charge in [-0.3, -0.25) is 0 Å². The van der Waals surface area contributed by atoms with Crippen LogP contribution < -0.4 is 0 Å². The lowest BCUT2D eigenvalue weighted by atomic mass is 10.3. The fraction of sp³-hybridized carbons (Fsp3) is 0.143. The predicted molar refractivity (Wildman–Crippen MR) is 47.8 cm³/mol. The van der Waals surface area contributed by atoms with E-state index in [0.29, 0.717) is 5.75 Å². The molecule has 0 amide bonds. The van der Waals surface area contributed by atoms with Crippen LogP contribution in [0.25, 0.3) is 0 Å². The molecule has 0 aromatic heterocycles. The molecule has 0 aliphatic carbocycles. The van der Waals surface area contributed by atoms with Crippen LogP contribution in [0.3, 0.4) is 0 Å². The van der Waals surface area contributed by atoms with Crippen LogP contribution in [0.5, 0.6) is 5.75 Å². The molecule has 0 saturated heterocycles. The molecule has 0 radical (unpaired) electrons. The molecule has 0 saturated carbocycles. The summed E-state index contributed by atoms with van der Waals surface area (Å²) in [4.78, 5) is 1.16. The van der Waals surface area contributed by atoms with Gasteiger partial charge in [-0.25, -0.2) is 0 Å². The quantitative estimate of drug-likeness (QED) is 0.609. The summed E-state index contributed by atoms with van der Waals surface area (Å²) in [5.74, 6) is 0.318. The lowest BCUT2D eigenvalue weighted by molar-refractivity contribution is 0.475. The van der Waals surface area contributed by atoms with Gasteiger partial charge < -0.3 is 5.11 Å².